The third kappa shape index (κ3) is 8.38. The van der Waals surface area contributed by atoms with Crippen molar-refractivity contribution in [2.45, 2.75) is 46.2 Å². The lowest BCUT2D eigenvalue weighted by molar-refractivity contribution is -0.328. The number of hydrogen-bond donors (Lipinski definition) is 0. The van der Waals surface area contributed by atoms with E-state index in [0.717, 1.165) is 16.7 Å². The standard InChI is InChI=1S/C25H30O5Si/c1-25(2,3)29-30-31(26-19-22-13-7-4-8-14-22,27-20-23-15-9-5-10-16-23)28-21-24-17-11-6-12-18-24/h4-18H,19-21H2,1-3H3. The highest BCUT2D eigenvalue weighted by Crippen LogP contribution is 2.22. The van der Waals surface area contributed by atoms with Crippen molar-refractivity contribution in [1.82, 2.24) is 0 Å². The summed E-state index contributed by atoms with van der Waals surface area (Å²) in [5.41, 5.74) is 2.42. The van der Waals surface area contributed by atoms with Crippen molar-refractivity contribution < 1.29 is 22.7 Å². The van der Waals surface area contributed by atoms with Gasteiger partial charge in [-0.1, -0.05) is 91.0 Å². The molecule has 0 aliphatic carbocycles. The van der Waals surface area contributed by atoms with E-state index in [9.17, 15) is 0 Å². The van der Waals surface area contributed by atoms with Crippen molar-refractivity contribution in [2.24, 2.45) is 0 Å². The first-order valence-corrected chi connectivity index (χ1v) is 12.0. The Labute approximate surface area is 185 Å². The van der Waals surface area contributed by atoms with Crippen molar-refractivity contribution in [3.05, 3.63) is 108 Å². The first-order valence-electron chi connectivity index (χ1n) is 10.3. The Morgan fingerprint density at radius 3 is 1.16 bits per heavy atom. The molecule has 0 aliphatic heterocycles. The second-order valence-corrected chi connectivity index (χ2v) is 10.1. The third-order valence-corrected chi connectivity index (χ3v) is 5.95. The summed E-state index contributed by atoms with van der Waals surface area (Å²) in [4.78, 5) is 5.65. The smallest absolute Gasteiger partial charge is 0.345 e. The highest BCUT2D eigenvalue weighted by Gasteiger charge is 2.49. The lowest BCUT2D eigenvalue weighted by Crippen LogP contribution is -2.50. The molecule has 3 aromatic carbocycles. The highest BCUT2D eigenvalue weighted by atomic mass is 28.4. The van der Waals surface area contributed by atoms with E-state index < -0.39 is 14.6 Å². The van der Waals surface area contributed by atoms with Gasteiger partial charge in [0.1, 0.15) is 0 Å². The monoisotopic (exact) mass is 438 g/mol. The van der Waals surface area contributed by atoms with E-state index >= 15 is 0 Å². The fourth-order valence-corrected chi connectivity index (χ4v) is 4.39. The Morgan fingerprint density at radius 1 is 0.548 bits per heavy atom. The lowest BCUT2D eigenvalue weighted by Gasteiger charge is -2.30. The Kier molecular flexibility index (Phi) is 8.54. The molecule has 0 saturated carbocycles. The average Bonchev–Trinajstić information content (AvgIpc) is 2.80. The summed E-state index contributed by atoms with van der Waals surface area (Å²) < 4.78 is 24.4. The van der Waals surface area contributed by atoms with Crippen molar-refractivity contribution >= 4 is 9.05 Å². The van der Waals surface area contributed by atoms with Crippen LogP contribution in [0.1, 0.15) is 37.5 Å². The summed E-state index contributed by atoms with van der Waals surface area (Å²) >= 11 is 0. The number of rotatable bonds is 11. The molecule has 3 rings (SSSR count). The van der Waals surface area contributed by atoms with Crippen LogP contribution in [0.4, 0.5) is 0 Å². The Bertz CT molecular complexity index is 776. The second kappa shape index (κ2) is 11.3. The molecular weight excluding hydrogens is 408 g/mol. The SMILES string of the molecule is CC(C)(C)OO[Si](OCc1ccccc1)(OCc1ccccc1)OCc1ccccc1. The predicted molar refractivity (Wildman–Crippen MR) is 121 cm³/mol. The fraction of sp³-hybridized carbons (Fsp3) is 0.280. The van der Waals surface area contributed by atoms with Crippen molar-refractivity contribution in [3.63, 3.8) is 0 Å². The van der Waals surface area contributed by atoms with Gasteiger partial charge in [0, 0.05) is 0 Å². The van der Waals surface area contributed by atoms with E-state index in [1.807, 2.05) is 112 Å². The summed E-state index contributed by atoms with van der Waals surface area (Å²) in [6, 6.07) is 29.6. The molecule has 0 spiro atoms. The molecule has 5 nitrogen and oxygen atoms in total. The Balaban J connectivity index is 1.80. The van der Waals surface area contributed by atoms with Gasteiger partial charge >= 0.3 is 9.05 Å². The maximum Gasteiger partial charge on any atom is 0.708 e. The number of hydrogen-bond acceptors (Lipinski definition) is 5. The summed E-state index contributed by atoms with van der Waals surface area (Å²) in [5.74, 6) is 0. The molecule has 0 saturated heterocycles. The van der Waals surface area contributed by atoms with Crippen LogP contribution in [0.3, 0.4) is 0 Å². The van der Waals surface area contributed by atoms with Crippen LogP contribution in [0, 0.1) is 0 Å². The van der Waals surface area contributed by atoms with Gasteiger partial charge in [0.05, 0.1) is 25.4 Å². The minimum absolute atomic E-state index is 0.282. The third-order valence-electron chi connectivity index (χ3n) is 4.17. The van der Waals surface area contributed by atoms with Gasteiger partial charge in [-0.2, -0.15) is 4.58 Å². The van der Waals surface area contributed by atoms with Crippen molar-refractivity contribution in [1.29, 1.82) is 0 Å². The van der Waals surface area contributed by atoms with Crippen LogP contribution in [-0.2, 0) is 42.6 Å². The molecule has 0 heterocycles. The van der Waals surface area contributed by atoms with Crippen LogP contribution < -0.4 is 0 Å². The normalized spacial score (nSPS) is 12.1. The molecule has 0 amide bonds. The molecule has 164 valence electrons. The number of benzene rings is 3. The van der Waals surface area contributed by atoms with Crippen molar-refractivity contribution in [2.75, 3.05) is 0 Å². The van der Waals surface area contributed by atoms with Gasteiger partial charge in [-0.05, 0) is 37.5 Å². The molecule has 31 heavy (non-hydrogen) atoms. The van der Waals surface area contributed by atoms with E-state index in [2.05, 4.69) is 0 Å². The van der Waals surface area contributed by atoms with Crippen LogP contribution in [0.2, 0.25) is 0 Å². The van der Waals surface area contributed by atoms with E-state index in [1.165, 1.54) is 0 Å². The second-order valence-electron chi connectivity index (χ2n) is 8.10. The van der Waals surface area contributed by atoms with Gasteiger partial charge in [0.25, 0.3) is 0 Å². The molecule has 0 aromatic heterocycles. The zero-order valence-electron chi connectivity index (χ0n) is 18.3. The summed E-state index contributed by atoms with van der Waals surface area (Å²) in [6.07, 6.45) is 0. The largest absolute Gasteiger partial charge is 0.708 e. The van der Waals surface area contributed by atoms with E-state index in [0.29, 0.717) is 0 Å². The Hall–Kier alpha value is -2.32. The fourth-order valence-electron chi connectivity index (χ4n) is 2.61. The van der Waals surface area contributed by atoms with Crippen LogP contribution >= 0.6 is 0 Å². The average molecular weight is 439 g/mol. The maximum absolute atomic E-state index is 6.20. The van der Waals surface area contributed by atoms with Crippen LogP contribution in [0.25, 0.3) is 0 Å². The molecule has 0 aliphatic rings. The van der Waals surface area contributed by atoms with Crippen LogP contribution in [-0.4, -0.2) is 14.6 Å². The van der Waals surface area contributed by atoms with Gasteiger partial charge in [-0.15, -0.1) is 0 Å². The quantitative estimate of drug-likeness (QED) is 0.214. The minimum Gasteiger partial charge on any atom is -0.345 e. The van der Waals surface area contributed by atoms with Gasteiger partial charge in [0.2, 0.25) is 0 Å². The summed E-state index contributed by atoms with van der Waals surface area (Å²) in [6.45, 7) is 6.55. The molecule has 6 heteroatoms. The van der Waals surface area contributed by atoms with Gasteiger partial charge in [-0.25, -0.2) is 4.89 Å². The summed E-state index contributed by atoms with van der Waals surface area (Å²) in [5, 5.41) is 0. The van der Waals surface area contributed by atoms with E-state index in [-0.39, 0.29) is 19.8 Å². The van der Waals surface area contributed by atoms with Crippen LogP contribution in [0.5, 0.6) is 0 Å². The maximum atomic E-state index is 6.20. The summed E-state index contributed by atoms with van der Waals surface area (Å²) in [7, 11) is -3.68. The van der Waals surface area contributed by atoms with Gasteiger partial charge in [-0.3, -0.25) is 0 Å². The molecule has 0 radical (unpaired) electrons. The molecule has 3 aromatic rings. The molecule has 0 unspecified atom stereocenters. The molecule has 0 atom stereocenters. The first-order chi connectivity index (χ1) is 14.9. The van der Waals surface area contributed by atoms with Crippen molar-refractivity contribution in [3.8, 4) is 0 Å². The zero-order valence-corrected chi connectivity index (χ0v) is 19.3. The topological polar surface area (TPSA) is 46.2 Å². The zero-order chi connectivity index (χ0) is 22.0. The Morgan fingerprint density at radius 2 is 0.871 bits per heavy atom. The molecule has 0 bridgehead atoms. The predicted octanol–water partition coefficient (Wildman–Crippen LogP) is 5.82. The first kappa shape index (κ1) is 23.3. The van der Waals surface area contributed by atoms with Crippen LogP contribution in [0.15, 0.2) is 91.0 Å². The van der Waals surface area contributed by atoms with Gasteiger partial charge < -0.3 is 13.3 Å². The molecule has 0 fully saturated rings. The minimum atomic E-state index is -3.68. The highest BCUT2D eigenvalue weighted by molar-refractivity contribution is 6.53. The van der Waals surface area contributed by atoms with E-state index in [4.69, 9.17) is 22.7 Å². The molecular formula is C25H30O5Si. The van der Waals surface area contributed by atoms with Gasteiger partial charge in [0.15, 0.2) is 0 Å². The van der Waals surface area contributed by atoms with E-state index in [1.54, 1.807) is 0 Å². The molecule has 0 N–H and O–H groups in total. The lowest BCUT2D eigenvalue weighted by atomic mass is 10.2.